The van der Waals surface area contributed by atoms with Crippen LogP contribution in [0.4, 0.5) is 10.8 Å². The number of ether oxygens (including phenoxy) is 2. The number of anilines is 2. The maximum absolute atomic E-state index is 12.7. The zero-order chi connectivity index (χ0) is 21.0. The minimum Gasteiger partial charge on any atom is -0.497 e. The molecule has 2 amide bonds. The number of carbonyl (C=O) groups excluding carboxylic acids is 2. The molecule has 9 heteroatoms. The minimum absolute atomic E-state index is 0.129. The average Bonchev–Trinajstić information content (AvgIpc) is 3.34. The van der Waals surface area contributed by atoms with Gasteiger partial charge < -0.3 is 19.7 Å². The second-order valence-corrected chi connectivity index (χ2v) is 8.08. The lowest BCUT2D eigenvalue weighted by Crippen LogP contribution is -2.28. The molecule has 156 valence electrons. The third kappa shape index (κ3) is 4.67. The molecule has 8 nitrogen and oxygen atoms in total. The highest BCUT2D eigenvalue weighted by Gasteiger charge is 2.37. The Labute approximate surface area is 174 Å². The molecular formula is C20H26N4O4S. The Morgan fingerprint density at radius 3 is 2.83 bits per heavy atom. The summed E-state index contributed by atoms with van der Waals surface area (Å²) < 4.78 is 10.6. The molecule has 0 spiro atoms. The van der Waals surface area contributed by atoms with Crippen LogP contribution in [0.5, 0.6) is 11.5 Å². The van der Waals surface area contributed by atoms with Crippen LogP contribution < -0.4 is 19.7 Å². The minimum atomic E-state index is -0.473. The van der Waals surface area contributed by atoms with Crippen molar-refractivity contribution >= 4 is 34.0 Å². The second-order valence-electron chi connectivity index (χ2n) is 7.07. The molecule has 0 saturated carbocycles. The highest BCUT2D eigenvalue weighted by molar-refractivity contribution is 7.15. The quantitative estimate of drug-likeness (QED) is 0.706. The molecule has 1 fully saturated rings. The molecule has 0 unspecified atom stereocenters. The van der Waals surface area contributed by atoms with E-state index in [9.17, 15) is 9.59 Å². The number of nitrogens with zero attached hydrogens (tertiary/aromatic N) is 3. The molecule has 0 radical (unpaired) electrons. The summed E-state index contributed by atoms with van der Waals surface area (Å²) >= 11 is 1.39. The number of amides is 2. The first kappa shape index (κ1) is 21.0. The van der Waals surface area contributed by atoms with Crippen molar-refractivity contribution < 1.29 is 19.1 Å². The standard InChI is InChI=1S/C20H26N4O4S/c1-5-6-12(2)19-22-23-20(29-19)21-18(26)13-9-17(25)24(11-13)15-10-14(27-3)7-8-16(15)28-4/h7-8,10,12-13H,5-6,9,11H2,1-4H3,(H,21,23,26)/t12-,13+/m1/s1. The molecule has 29 heavy (non-hydrogen) atoms. The first-order chi connectivity index (χ1) is 14.0. The van der Waals surface area contributed by atoms with Crippen molar-refractivity contribution in [3.63, 3.8) is 0 Å². The molecule has 2 aromatic rings. The molecule has 0 bridgehead atoms. The molecule has 1 aliphatic heterocycles. The van der Waals surface area contributed by atoms with Crippen molar-refractivity contribution in [3.05, 3.63) is 23.2 Å². The first-order valence-corrected chi connectivity index (χ1v) is 10.4. The molecule has 0 aliphatic carbocycles. The van der Waals surface area contributed by atoms with Gasteiger partial charge in [0.25, 0.3) is 0 Å². The number of methoxy groups -OCH3 is 2. The van der Waals surface area contributed by atoms with Crippen LogP contribution in [0.15, 0.2) is 18.2 Å². The Balaban J connectivity index is 1.70. The van der Waals surface area contributed by atoms with Crippen molar-refractivity contribution in [1.82, 2.24) is 10.2 Å². The molecule has 1 aliphatic rings. The predicted molar refractivity (Wildman–Crippen MR) is 112 cm³/mol. The highest BCUT2D eigenvalue weighted by Crippen LogP contribution is 2.36. The van der Waals surface area contributed by atoms with Crippen LogP contribution in [-0.2, 0) is 9.59 Å². The smallest absolute Gasteiger partial charge is 0.231 e. The molecule has 1 saturated heterocycles. The number of hydrogen-bond donors (Lipinski definition) is 1. The van der Waals surface area contributed by atoms with Gasteiger partial charge in [0, 0.05) is 24.9 Å². The largest absolute Gasteiger partial charge is 0.497 e. The Kier molecular flexibility index (Phi) is 6.68. The molecular weight excluding hydrogens is 392 g/mol. The van der Waals surface area contributed by atoms with Crippen LogP contribution in [0.25, 0.3) is 0 Å². The number of aromatic nitrogens is 2. The Bertz CT molecular complexity index is 885. The van der Waals surface area contributed by atoms with Gasteiger partial charge in [0.2, 0.25) is 16.9 Å². The van der Waals surface area contributed by atoms with E-state index >= 15 is 0 Å². The fourth-order valence-corrected chi connectivity index (χ4v) is 4.20. The van der Waals surface area contributed by atoms with Crippen LogP contribution in [0.1, 0.15) is 44.0 Å². The van der Waals surface area contributed by atoms with E-state index < -0.39 is 5.92 Å². The third-order valence-electron chi connectivity index (χ3n) is 4.99. The third-order valence-corrected chi connectivity index (χ3v) is 6.06. The normalized spacial score (nSPS) is 17.3. The number of rotatable bonds is 8. The fourth-order valence-electron chi connectivity index (χ4n) is 3.37. The lowest BCUT2D eigenvalue weighted by Gasteiger charge is -2.20. The lowest BCUT2D eigenvalue weighted by molar-refractivity contribution is -0.122. The van der Waals surface area contributed by atoms with E-state index in [1.807, 2.05) is 0 Å². The Morgan fingerprint density at radius 1 is 1.34 bits per heavy atom. The van der Waals surface area contributed by atoms with Gasteiger partial charge in [0.1, 0.15) is 16.5 Å². The van der Waals surface area contributed by atoms with Crippen LogP contribution in [0.2, 0.25) is 0 Å². The summed E-state index contributed by atoms with van der Waals surface area (Å²) in [6, 6.07) is 5.25. The van der Waals surface area contributed by atoms with Gasteiger partial charge in [0.15, 0.2) is 0 Å². The van der Waals surface area contributed by atoms with Gasteiger partial charge in [-0.25, -0.2) is 0 Å². The van der Waals surface area contributed by atoms with Crippen LogP contribution >= 0.6 is 11.3 Å². The number of nitrogens with one attached hydrogen (secondary N) is 1. The van der Waals surface area contributed by atoms with Crippen LogP contribution in [0.3, 0.4) is 0 Å². The van der Waals surface area contributed by atoms with Crippen molar-refractivity contribution in [2.45, 2.75) is 39.0 Å². The number of hydrogen-bond acceptors (Lipinski definition) is 7. The number of carbonyl (C=O) groups is 2. The monoisotopic (exact) mass is 418 g/mol. The summed E-state index contributed by atoms with van der Waals surface area (Å²) in [6.45, 7) is 4.50. The highest BCUT2D eigenvalue weighted by atomic mass is 32.1. The maximum atomic E-state index is 12.7. The molecule has 1 aromatic heterocycles. The molecule has 3 rings (SSSR count). The SMILES string of the molecule is CCC[C@@H](C)c1nnc(NC(=O)[C@H]2CC(=O)N(c3cc(OC)ccc3OC)C2)s1. The van der Waals surface area contributed by atoms with Crippen LogP contribution in [-0.4, -0.2) is 42.8 Å². The predicted octanol–water partition coefficient (Wildman–Crippen LogP) is 3.45. The van der Waals surface area contributed by atoms with E-state index in [1.165, 1.54) is 11.3 Å². The zero-order valence-corrected chi connectivity index (χ0v) is 17.9. The van der Waals surface area contributed by atoms with Crippen LogP contribution in [0, 0.1) is 5.92 Å². The van der Waals surface area contributed by atoms with Gasteiger partial charge in [-0.05, 0) is 18.6 Å². The van der Waals surface area contributed by atoms with Crippen molar-refractivity contribution in [2.75, 3.05) is 31.0 Å². The maximum Gasteiger partial charge on any atom is 0.231 e. The molecule has 2 atom stereocenters. The molecule has 1 N–H and O–H groups in total. The van der Waals surface area contributed by atoms with Gasteiger partial charge in [-0.3, -0.25) is 9.59 Å². The summed E-state index contributed by atoms with van der Waals surface area (Å²) in [5.41, 5.74) is 0.596. The lowest BCUT2D eigenvalue weighted by atomic mass is 10.1. The van der Waals surface area contributed by atoms with Gasteiger partial charge in [-0.1, -0.05) is 31.6 Å². The topological polar surface area (TPSA) is 93.7 Å². The second kappa shape index (κ2) is 9.21. The summed E-state index contributed by atoms with van der Waals surface area (Å²) in [6.07, 6.45) is 2.22. The van der Waals surface area contributed by atoms with Crippen molar-refractivity contribution in [2.24, 2.45) is 5.92 Å². The van der Waals surface area contributed by atoms with E-state index in [2.05, 4.69) is 29.4 Å². The average molecular weight is 419 g/mol. The Morgan fingerprint density at radius 2 is 2.14 bits per heavy atom. The van der Waals surface area contributed by atoms with Gasteiger partial charge in [0.05, 0.1) is 25.8 Å². The van der Waals surface area contributed by atoms with E-state index in [1.54, 1.807) is 37.3 Å². The Hall–Kier alpha value is -2.68. The van der Waals surface area contributed by atoms with Gasteiger partial charge >= 0.3 is 0 Å². The summed E-state index contributed by atoms with van der Waals surface area (Å²) in [7, 11) is 3.11. The van der Waals surface area contributed by atoms with Gasteiger partial charge in [-0.2, -0.15) is 0 Å². The first-order valence-electron chi connectivity index (χ1n) is 9.63. The van der Waals surface area contributed by atoms with E-state index in [4.69, 9.17) is 9.47 Å². The molecule has 2 heterocycles. The van der Waals surface area contributed by atoms with Gasteiger partial charge in [-0.15, -0.1) is 10.2 Å². The van der Waals surface area contributed by atoms with Crippen molar-refractivity contribution in [1.29, 1.82) is 0 Å². The summed E-state index contributed by atoms with van der Waals surface area (Å²) in [4.78, 5) is 26.9. The summed E-state index contributed by atoms with van der Waals surface area (Å²) in [5.74, 6) is 0.647. The van der Waals surface area contributed by atoms with Crippen molar-refractivity contribution in [3.8, 4) is 11.5 Å². The van der Waals surface area contributed by atoms with E-state index in [-0.39, 0.29) is 24.8 Å². The number of benzene rings is 1. The molecule has 1 aromatic carbocycles. The summed E-state index contributed by atoms with van der Waals surface area (Å²) in [5, 5.41) is 12.5. The van der Waals surface area contributed by atoms with E-state index in [0.29, 0.717) is 28.2 Å². The van der Waals surface area contributed by atoms with E-state index in [0.717, 1.165) is 17.8 Å². The zero-order valence-electron chi connectivity index (χ0n) is 17.1. The fraction of sp³-hybridized carbons (Fsp3) is 0.500.